The normalized spacial score (nSPS) is 18.8. The van der Waals surface area contributed by atoms with E-state index in [0.29, 0.717) is 12.0 Å². The van der Waals surface area contributed by atoms with Gasteiger partial charge in [-0.3, -0.25) is 4.79 Å². The molecule has 0 radical (unpaired) electrons. The number of carbonyl (C=O) groups excluding carboxylic acids is 1. The van der Waals surface area contributed by atoms with Crippen molar-refractivity contribution < 1.29 is 4.79 Å². The van der Waals surface area contributed by atoms with Gasteiger partial charge in [0.2, 0.25) is 0 Å². The van der Waals surface area contributed by atoms with Crippen LogP contribution in [0.15, 0.2) is 29.4 Å². The molecule has 0 unspecified atom stereocenters. The molecule has 2 aromatic rings. The van der Waals surface area contributed by atoms with Crippen molar-refractivity contribution in [2.24, 2.45) is 0 Å². The zero-order valence-corrected chi connectivity index (χ0v) is 16.8. The molecule has 2 saturated carbocycles. The van der Waals surface area contributed by atoms with E-state index in [2.05, 4.69) is 47.7 Å². The van der Waals surface area contributed by atoms with Crippen molar-refractivity contribution in [1.82, 2.24) is 14.8 Å². The first-order valence-corrected chi connectivity index (χ1v) is 10.5. The summed E-state index contributed by atoms with van der Waals surface area (Å²) in [7, 11) is 0. The first-order valence-electron chi connectivity index (χ1n) is 9.61. The summed E-state index contributed by atoms with van der Waals surface area (Å²) in [4.78, 5) is 12.9. The van der Waals surface area contributed by atoms with Crippen LogP contribution in [0.3, 0.4) is 0 Å². The zero-order valence-electron chi connectivity index (χ0n) is 16.0. The minimum atomic E-state index is -0.163. The van der Waals surface area contributed by atoms with E-state index >= 15 is 0 Å². The summed E-state index contributed by atoms with van der Waals surface area (Å²) < 4.78 is 2.31. The number of benzene rings is 1. The second-order valence-corrected chi connectivity index (χ2v) is 9.98. The number of aromatic nitrogens is 3. The highest BCUT2D eigenvalue weighted by Gasteiger charge is 2.37. The number of nitrogens with zero attached hydrogens (tertiary/aromatic N) is 3. The van der Waals surface area contributed by atoms with Gasteiger partial charge in [-0.1, -0.05) is 56.8 Å². The van der Waals surface area contributed by atoms with E-state index in [1.54, 1.807) is 11.8 Å². The monoisotopic (exact) mass is 369 g/mol. The zero-order chi connectivity index (χ0) is 18.5. The molecule has 0 N–H and O–H groups in total. The third kappa shape index (κ3) is 3.59. The fourth-order valence-corrected chi connectivity index (χ4v) is 4.25. The van der Waals surface area contributed by atoms with Crippen LogP contribution in [-0.4, -0.2) is 25.8 Å². The molecular formula is C21H27N3OS. The van der Waals surface area contributed by atoms with Crippen LogP contribution in [0.5, 0.6) is 0 Å². The number of hydrogen-bond donors (Lipinski definition) is 0. The molecule has 0 aliphatic heterocycles. The summed E-state index contributed by atoms with van der Waals surface area (Å²) in [6.45, 7) is 8.53. The van der Waals surface area contributed by atoms with Crippen molar-refractivity contribution >= 4 is 17.5 Å². The van der Waals surface area contributed by atoms with E-state index in [1.165, 1.54) is 31.2 Å². The molecule has 1 aromatic heterocycles. The second-order valence-electron chi connectivity index (χ2n) is 8.67. The Morgan fingerprint density at radius 2 is 1.77 bits per heavy atom. The molecule has 1 atom stereocenters. The number of thioether (sulfide) groups is 1. The summed E-state index contributed by atoms with van der Waals surface area (Å²) in [5, 5.41) is 9.62. The van der Waals surface area contributed by atoms with Gasteiger partial charge < -0.3 is 4.57 Å². The molecule has 2 fully saturated rings. The van der Waals surface area contributed by atoms with Crippen LogP contribution < -0.4 is 0 Å². The molecule has 1 aromatic carbocycles. The van der Waals surface area contributed by atoms with Crippen LogP contribution in [0.2, 0.25) is 0 Å². The molecule has 0 bridgehead atoms. The fraction of sp³-hybridized carbons (Fsp3) is 0.571. The molecule has 1 heterocycles. The van der Waals surface area contributed by atoms with Gasteiger partial charge in [-0.2, -0.15) is 0 Å². The summed E-state index contributed by atoms with van der Waals surface area (Å²) in [5.41, 5.74) is 2.12. The molecular weight excluding hydrogens is 342 g/mol. The molecule has 0 amide bonds. The number of Topliss-reactive ketones (excluding diaryl/α,β-unsaturated/α-hetero) is 1. The highest BCUT2D eigenvalue weighted by Crippen LogP contribution is 2.46. The maximum Gasteiger partial charge on any atom is 0.192 e. The number of ketones is 1. The Balaban J connectivity index is 1.50. The minimum absolute atomic E-state index is 0.0990. The van der Waals surface area contributed by atoms with Crippen molar-refractivity contribution in [3.63, 3.8) is 0 Å². The van der Waals surface area contributed by atoms with Crippen LogP contribution >= 0.6 is 11.8 Å². The Bertz CT molecular complexity index is 811. The lowest BCUT2D eigenvalue weighted by atomic mass is 9.86. The van der Waals surface area contributed by atoms with E-state index in [0.717, 1.165) is 16.5 Å². The summed E-state index contributed by atoms with van der Waals surface area (Å²) in [5.74, 6) is 1.89. The maximum absolute atomic E-state index is 12.9. The number of carbonyl (C=O) groups is 1. The average molecular weight is 370 g/mol. The van der Waals surface area contributed by atoms with Crippen molar-refractivity contribution in [1.29, 1.82) is 0 Å². The first kappa shape index (κ1) is 17.8. The molecule has 26 heavy (non-hydrogen) atoms. The first-order chi connectivity index (χ1) is 12.3. The predicted octanol–water partition coefficient (Wildman–Crippen LogP) is 5.15. The van der Waals surface area contributed by atoms with Gasteiger partial charge in [0, 0.05) is 17.5 Å². The van der Waals surface area contributed by atoms with Gasteiger partial charge in [-0.15, -0.1) is 10.2 Å². The topological polar surface area (TPSA) is 47.8 Å². The number of hydrogen-bond acceptors (Lipinski definition) is 4. The molecule has 0 spiro atoms. The van der Waals surface area contributed by atoms with E-state index in [1.807, 2.05) is 19.1 Å². The summed E-state index contributed by atoms with van der Waals surface area (Å²) in [6, 6.07) is 8.62. The van der Waals surface area contributed by atoms with E-state index in [4.69, 9.17) is 0 Å². The van der Waals surface area contributed by atoms with Crippen LogP contribution in [0, 0.1) is 0 Å². The molecule has 4 rings (SSSR count). The Hall–Kier alpha value is -1.62. The highest BCUT2D eigenvalue weighted by atomic mass is 32.2. The lowest BCUT2D eigenvalue weighted by Gasteiger charge is -2.19. The lowest BCUT2D eigenvalue weighted by Crippen LogP contribution is -2.16. The van der Waals surface area contributed by atoms with E-state index in [-0.39, 0.29) is 16.4 Å². The van der Waals surface area contributed by atoms with Crippen molar-refractivity contribution in [3.05, 3.63) is 41.2 Å². The standard InChI is InChI=1S/C21H27N3OS/c1-13(18(25)14-7-9-16(10-8-14)21(2,3)4)26-20-23-22-19(15-5-6-15)24(20)17-11-12-17/h7-10,13,15,17H,5-6,11-12H2,1-4H3/t13-/m1/s1. The van der Waals surface area contributed by atoms with Crippen LogP contribution in [-0.2, 0) is 5.41 Å². The maximum atomic E-state index is 12.9. The van der Waals surface area contributed by atoms with Crippen molar-refractivity contribution in [3.8, 4) is 0 Å². The Labute approximate surface area is 159 Å². The van der Waals surface area contributed by atoms with Crippen molar-refractivity contribution in [2.45, 2.75) is 81.2 Å². The number of rotatable bonds is 6. The lowest BCUT2D eigenvalue weighted by molar-refractivity contribution is 0.0993. The SMILES string of the molecule is C[C@@H](Sc1nnc(C2CC2)n1C1CC1)C(=O)c1ccc(C(C)(C)C)cc1. The molecule has 2 aliphatic carbocycles. The quantitative estimate of drug-likeness (QED) is 0.522. The Morgan fingerprint density at radius 1 is 1.12 bits per heavy atom. The molecule has 0 saturated heterocycles. The van der Waals surface area contributed by atoms with Crippen LogP contribution in [0.1, 0.15) is 87.1 Å². The molecule has 5 heteroatoms. The molecule has 138 valence electrons. The third-order valence-corrected chi connectivity index (χ3v) is 6.29. The van der Waals surface area contributed by atoms with E-state index < -0.39 is 0 Å². The Morgan fingerprint density at radius 3 is 2.31 bits per heavy atom. The summed E-state index contributed by atoms with van der Waals surface area (Å²) in [6.07, 6.45) is 4.87. The van der Waals surface area contributed by atoms with Gasteiger partial charge in [0.25, 0.3) is 0 Å². The smallest absolute Gasteiger partial charge is 0.192 e. The van der Waals surface area contributed by atoms with Gasteiger partial charge in [0.1, 0.15) is 5.82 Å². The van der Waals surface area contributed by atoms with Crippen LogP contribution in [0.25, 0.3) is 0 Å². The van der Waals surface area contributed by atoms with E-state index in [9.17, 15) is 4.79 Å². The Kier molecular flexibility index (Phi) is 4.46. The fourth-order valence-electron chi connectivity index (χ4n) is 3.25. The average Bonchev–Trinajstić information content (AvgIpc) is 3.52. The van der Waals surface area contributed by atoms with Gasteiger partial charge in [0.15, 0.2) is 10.9 Å². The molecule has 2 aliphatic rings. The van der Waals surface area contributed by atoms with Gasteiger partial charge in [-0.05, 0) is 43.6 Å². The minimum Gasteiger partial charge on any atom is -0.303 e. The van der Waals surface area contributed by atoms with Crippen molar-refractivity contribution in [2.75, 3.05) is 0 Å². The predicted molar refractivity (Wildman–Crippen MR) is 105 cm³/mol. The van der Waals surface area contributed by atoms with Gasteiger partial charge in [-0.25, -0.2) is 0 Å². The van der Waals surface area contributed by atoms with Gasteiger partial charge >= 0.3 is 0 Å². The highest BCUT2D eigenvalue weighted by molar-refractivity contribution is 8.00. The molecule has 4 nitrogen and oxygen atoms in total. The largest absolute Gasteiger partial charge is 0.303 e. The third-order valence-electron chi connectivity index (χ3n) is 5.23. The second kappa shape index (κ2) is 6.52. The van der Waals surface area contributed by atoms with Gasteiger partial charge in [0.05, 0.1) is 5.25 Å². The van der Waals surface area contributed by atoms with Crippen LogP contribution in [0.4, 0.5) is 0 Å². The summed E-state index contributed by atoms with van der Waals surface area (Å²) >= 11 is 1.56.